The smallest absolute Gasteiger partial charge is 0.260 e. The number of hydrogen-bond acceptors (Lipinski definition) is 4. The summed E-state index contributed by atoms with van der Waals surface area (Å²) in [6, 6.07) is 9.72. The molecule has 0 atom stereocenters. The normalized spacial score (nSPS) is 14.9. The first kappa shape index (κ1) is 17.2. The first-order valence-electron chi connectivity index (χ1n) is 7.41. The van der Waals surface area contributed by atoms with Gasteiger partial charge >= 0.3 is 0 Å². The van der Waals surface area contributed by atoms with Gasteiger partial charge in [-0.3, -0.25) is 14.9 Å². The average Bonchev–Trinajstić information content (AvgIpc) is 2.57. The summed E-state index contributed by atoms with van der Waals surface area (Å²) in [4.78, 5) is 24.0. The van der Waals surface area contributed by atoms with E-state index in [0.29, 0.717) is 28.8 Å². The molecule has 128 valence electrons. The zero-order chi connectivity index (χ0) is 18.0. The minimum atomic E-state index is -0.482. The standard InChI is InChI=1S/C18H14BrFN2O3/c1-25-16-5-2-10(6-15(16)20)8-21-9-14-13-7-11(19)3-4-12(13)17(23)22-18(14)24/h2-7,9,21H,8H2,1H3,(H,22,23,24)/b14-9-. The second kappa shape index (κ2) is 7.06. The van der Waals surface area contributed by atoms with Gasteiger partial charge in [-0.05, 0) is 35.9 Å². The van der Waals surface area contributed by atoms with Crippen LogP contribution < -0.4 is 15.4 Å². The van der Waals surface area contributed by atoms with Crippen molar-refractivity contribution in [2.45, 2.75) is 6.54 Å². The van der Waals surface area contributed by atoms with Crippen LogP contribution in [0.15, 0.2) is 47.1 Å². The molecular formula is C18H14BrFN2O3. The molecule has 3 rings (SSSR count). The Bertz CT molecular complexity index is 896. The molecule has 1 heterocycles. The molecule has 0 saturated heterocycles. The molecule has 7 heteroatoms. The molecule has 0 unspecified atom stereocenters. The van der Waals surface area contributed by atoms with Crippen molar-refractivity contribution in [3.63, 3.8) is 0 Å². The maximum atomic E-state index is 13.7. The molecule has 5 nitrogen and oxygen atoms in total. The third kappa shape index (κ3) is 3.56. The predicted octanol–water partition coefficient (Wildman–Crippen LogP) is 3.00. The molecule has 0 spiro atoms. The van der Waals surface area contributed by atoms with Crippen LogP contribution in [0.2, 0.25) is 0 Å². The van der Waals surface area contributed by atoms with Crippen molar-refractivity contribution in [3.8, 4) is 5.75 Å². The molecule has 0 aromatic heterocycles. The van der Waals surface area contributed by atoms with Gasteiger partial charge in [-0.2, -0.15) is 0 Å². The highest BCUT2D eigenvalue weighted by molar-refractivity contribution is 9.10. The van der Waals surface area contributed by atoms with Crippen molar-refractivity contribution < 1.29 is 18.7 Å². The topological polar surface area (TPSA) is 67.4 Å². The molecule has 25 heavy (non-hydrogen) atoms. The highest BCUT2D eigenvalue weighted by Gasteiger charge is 2.27. The lowest BCUT2D eigenvalue weighted by atomic mass is 9.95. The average molecular weight is 405 g/mol. The van der Waals surface area contributed by atoms with E-state index in [2.05, 4.69) is 26.6 Å². The fraction of sp³-hybridized carbons (Fsp3) is 0.111. The zero-order valence-electron chi connectivity index (χ0n) is 13.2. The lowest BCUT2D eigenvalue weighted by molar-refractivity contribution is -0.114. The van der Waals surface area contributed by atoms with E-state index < -0.39 is 17.6 Å². The third-order valence-electron chi connectivity index (χ3n) is 3.76. The number of benzene rings is 2. The fourth-order valence-corrected chi connectivity index (χ4v) is 2.89. The SMILES string of the molecule is COc1ccc(CN/C=C2\C(=O)NC(=O)c3ccc(Br)cc32)cc1F. The quantitative estimate of drug-likeness (QED) is 0.607. The number of carbonyl (C=O) groups excluding carboxylic acids is 2. The molecule has 0 fully saturated rings. The van der Waals surface area contributed by atoms with Crippen LogP contribution in [-0.2, 0) is 11.3 Å². The van der Waals surface area contributed by atoms with Crippen LogP contribution in [0.5, 0.6) is 5.75 Å². The molecule has 2 aromatic rings. The van der Waals surface area contributed by atoms with E-state index in [0.717, 1.165) is 4.47 Å². The number of halogens is 2. The van der Waals surface area contributed by atoms with Crippen molar-refractivity contribution in [2.75, 3.05) is 7.11 Å². The number of ether oxygens (including phenoxy) is 1. The number of amides is 2. The summed E-state index contributed by atoms with van der Waals surface area (Å²) in [6.45, 7) is 0.314. The van der Waals surface area contributed by atoms with Gasteiger partial charge in [0.15, 0.2) is 11.6 Å². The Kier molecular flexibility index (Phi) is 4.85. The first-order chi connectivity index (χ1) is 12.0. The van der Waals surface area contributed by atoms with E-state index in [4.69, 9.17) is 4.74 Å². The van der Waals surface area contributed by atoms with Gasteiger partial charge < -0.3 is 10.1 Å². The molecular weight excluding hydrogens is 391 g/mol. The summed E-state index contributed by atoms with van der Waals surface area (Å²) in [5.74, 6) is -1.19. The number of fused-ring (bicyclic) bond motifs is 1. The Balaban J connectivity index is 1.83. The van der Waals surface area contributed by atoms with E-state index >= 15 is 0 Å². The van der Waals surface area contributed by atoms with Gasteiger partial charge in [-0.15, -0.1) is 0 Å². The molecule has 2 aromatic carbocycles. The van der Waals surface area contributed by atoms with Gasteiger partial charge in [0, 0.05) is 28.3 Å². The van der Waals surface area contributed by atoms with Crippen molar-refractivity contribution in [2.24, 2.45) is 0 Å². The second-order valence-electron chi connectivity index (χ2n) is 5.38. The van der Waals surface area contributed by atoms with Crippen molar-refractivity contribution in [3.05, 3.63) is 69.6 Å². The number of imide groups is 1. The summed E-state index contributed by atoms with van der Waals surface area (Å²) in [5, 5.41) is 5.28. The number of nitrogens with one attached hydrogen (secondary N) is 2. The monoisotopic (exact) mass is 404 g/mol. The van der Waals surface area contributed by atoms with E-state index in [1.54, 1.807) is 24.3 Å². The largest absolute Gasteiger partial charge is 0.494 e. The van der Waals surface area contributed by atoms with Crippen molar-refractivity contribution in [1.29, 1.82) is 0 Å². The molecule has 1 aliphatic rings. The summed E-state index contributed by atoms with van der Waals surface area (Å²) >= 11 is 3.34. The number of rotatable bonds is 4. The van der Waals surface area contributed by atoms with Gasteiger partial charge in [0.25, 0.3) is 11.8 Å². The van der Waals surface area contributed by atoms with E-state index in [1.807, 2.05) is 0 Å². The van der Waals surface area contributed by atoms with Gasteiger partial charge in [0.1, 0.15) is 0 Å². The lowest BCUT2D eigenvalue weighted by Crippen LogP contribution is -2.37. The Morgan fingerprint density at radius 3 is 2.68 bits per heavy atom. The van der Waals surface area contributed by atoms with Crippen molar-refractivity contribution >= 4 is 33.3 Å². The van der Waals surface area contributed by atoms with Crippen molar-refractivity contribution in [1.82, 2.24) is 10.6 Å². The fourth-order valence-electron chi connectivity index (χ4n) is 2.53. The predicted molar refractivity (Wildman–Crippen MR) is 94.4 cm³/mol. The van der Waals surface area contributed by atoms with Crippen LogP contribution in [0.1, 0.15) is 21.5 Å². The Morgan fingerprint density at radius 1 is 1.16 bits per heavy atom. The first-order valence-corrected chi connectivity index (χ1v) is 8.20. The van der Waals surface area contributed by atoms with Crippen LogP contribution in [0.4, 0.5) is 4.39 Å². The highest BCUT2D eigenvalue weighted by Crippen LogP contribution is 2.27. The van der Waals surface area contributed by atoms with E-state index in [1.165, 1.54) is 25.4 Å². The second-order valence-corrected chi connectivity index (χ2v) is 6.30. The van der Waals surface area contributed by atoms with Crippen LogP contribution in [0, 0.1) is 5.82 Å². The Morgan fingerprint density at radius 2 is 1.96 bits per heavy atom. The Labute approximate surface area is 152 Å². The van der Waals surface area contributed by atoms with E-state index in [-0.39, 0.29) is 5.75 Å². The summed E-state index contributed by atoms with van der Waals surface area (Å²) in [5.41, 5.74) is 1.99. The minimum Gasteiger partial charge on any atom is -0.494 e. The number of carbonyl (C=O) groups is 2. The molecule has 2 amide bonds. The summed E-state index contributed by atoms with van der Waals surface area (Å²) in [6.07, 6.45) is 1.52. The van der Waals surface area contributed by atoms with Crippen LogP contribution >= 0.6 is 15.9 Å². The maximum absolute atomic E-state index is 13.7. The maximum Gasteiger partial charge on any atom is 0.260 e. The summed E-state index contributed by atoms with van der Waals surface area (Å²) < 4.78 is 19.3. The highest BCUT2D eigenvalue weighted by atomic mass is 79.9. The van der Waals surface area contributed by atoms with Gasteiger partial charge in [0.05, 0.1) is 12.7 Å². The lowest BCUT2D eigenvalue weighted by Gasteiger charge is -2.18. The van der Waals surface area contributed by atoms with Crippen LogP contribution in [0.3, 0.4) is 0 Å². The molecule has 1 aliphatic heterocycles. The summed E-state index contributed by atoms with van der Waals surface area (Å²) in [7, 11) is 1.40. The molecule has 0 bridgehead atoms. The van der Waals surface area contributed by atoms with Gasteiger partial charge in [-0.25, -0.2) is 4.39 Å². The van der Waals surface area contributed by atoms with Gasteiger partial charge in [0.2, 0.25) is 0 Å². The van der Waals surface area contributed by atoms with Crippen LogP contribution in [0.25, 0.3) is 5.57 Å². The third-order valence-corrected chi connectivity index (χ3v) is 4.25. The molecule has 0 saturated carbocycles. The molecule has 0 radical (unpaired) electrons. The molecule has 0 aliphatic carbocycles. The Hall–Kier alpha value is -2.67. The zero-order valence-corrected chi connectivity index (χ0v) is 14.8. The number of hydrogen-bond donors (Lipinski definition) is 2. The number of methoxy groups -OCH3 is 1. The van der Waals surface area contributed by atoms with Crippen LogP contribution in [-0.4, -0.2) is 18.9 Å². The minimum absolute atomic E-state index is 0.172. The van der Waals surface area contributed by atoms with Gasteiger partial charge in [-0.1, -0.05) is 22.0 Å². The van der Waals surface area contributed by atoms with E-state index in [9.17, 15) is 14.0 Å². The molecule has 2 N–H and O–H groups in total.